The van der Waals surface area contributed by atoms with Crippen LogP contribution in [0.3, 0.4) is 0 Å². The van der Waals surface area contributed by atoms with Crippen molar-refractivity contribution in [1.82, 2.24) is 15.5 Å². The average Bonchev–Trinajstić information content (AvgIpc) is 2.51. The van der Waals surface area contributed by atoms with Crippen molar-refractivity contribution in [3.63, 3.8) is 0 Å². The normalized spacial score (nSPS) is 14.5. The maximum absolute atomic E-state index is 11.7. The molecule has 2 rings (SSSR count). The number of carbonyl (C=O) groups is 2. The van der Waals surface area contributed by atoms with Crippen LogP contribution in [-0.2, 0) is 11.2 Å². The summed E-state index contributed by atoms with van der Waals surface area (Å²) < 4.78 is 4.81. The molecule has 0 unspecified atom stereocenters. The third-order valence-electron chi connectivity index (χ3n) is 2.48. The Bertz CT molecular complexity index is 459. The molecule has 6 heteroatoms. The number of carbonyl (C=O) groups excluding carboxylic acids is 2. The van der Waals surface area contributed by atoms with E-state index in [2.05, 4.69) is 15.5 Å². The number of rotatable bonds is 2. The van der Waals surface area contributed by atoms with E-state index in [1.54, 1.807) is 6.92 Å². The first-order valence-corrected chi connectivity index (χ1v) is 5.54. The van der Waals surface area contributed by atoms with Crippen LogP contribution in [0.4, 0.5) is 0 Å². The molecule has 1 N–H and O–H groups in total. The van der Waals surface area contributed by atoms with E-state index < -0.39 is 5.97 Å². The standard InChI is InChI=1S/C11H13N3O3/c1-2-17-11(16)9-6-7-8(13-14-9)4-3-5-12-10(7)15/h6H,2-5H2,1H3,(H,12,15). The molecule has 0 saturated carbocycles. The van der Waals surface area contributed by atoms with Gasteiger partial charge in [0.05, 0.1) is 17.9 Å². The van der Waals surface area contributed by atoms with Crippen LogP contribution in [-0.4, -0.2) is 35.2 Å². The summed E-state index contributed by atoms with van der Waals surface area (Å²) >= 11 is 0. The number of hydrogen-bond donors (Lipinski definition) is 1. The van der Waals surface area contributed by atoms with Crippen LogP contribution in [0.5, 0.6) is 0 Å². The molecule has 2 heterocycles. The van der Waals surface area contributed by atoms with Crippen molar-refractivity contribution in [3.8, 4) is 0 Å². The Morgan fingerprint density at radius 1 is 1.53 bits per heavy atom. The number of aromatic nitrogens is 2. The Kier molecular flexibility index (Phi) is 3.32. The van der Waals surface area contributed by atoms with Gasteiger partial charge in [-0.05, 0) is 25.8 Å². The highest BCUT2D eigenvalue weighted by atomic mass is 16.5. The summed E-state index contributed by atoms with van der Waals surface area (Å²) in [5.41, 5.74) is 1.12. The van der Waals surface area contributed by atoms with Gasteiger partial charge < -0.3 is 10.1 Å². The third-order valence-corrected chi connectivity index (χ3v) is 2.48. The van der Waals surface area contributed by atoms with E-state index in [4.69, 9.17) is 4.74 Å². The van der Waals surface area contributed by atoms with Gasteiger partial charge in [0, 0.05) is 6.54 Å². The molecule has 0 saturated heterocycles. The highest BCUT2D eigenvalue weighted by Crippen LogP contribution is 2.12. The van der Waals surface area contributed by atoms with E-state index >= 15 is 0 Å². The molecule has 0 fully saturated rings. The molecule has 0 atom stereocenters. The van der Waals surface area contributed by atoms with E-state index in [1.165, 1.54) is 6.07 Å². The number of amides is 1. The van der Waals surface area contributed by atoms with E-state index in [0.29, 0.717) is 24.2 Å². The number of fused-ring (bicyclic) bond motifs is 1. The molecule has 0 aliphatic carbocycles. The van der Waals surface area contributed by atoms with Crippen LogP contribution < -0.4 is 5.32 Å². The molecule has 0 spiro atoms. The van der Waals surface area contributed by atoms with E-state index in [9.17, 15) is 9.59 Å². The highest BCUT2D eigenvalue weighted by molar-refractivity contribution is 5.98. The fourth-order valence-electron chi connectivity index (χ4n) is 1.66. The van der Waals surface area contributed by atoms with Crippen molar-refractivity contribution >= 4 is 11.9 Å². The first-order chi connectivity index (χ1) is 8.22. The lowest BCUT2D eigenvalue weighted by atomic mass is 10.1. The summed E-state index contributed by atoms with van der Waals surface area (Å²) in [6.07, 6.45) is 1.51. The van der Waals surface area contributed by atoms with Gasteiger partial charge in [-0.2, -0.15) is 5.10 Å². The summed E-state index contributed by atoms with van der Waals surface area (Å²) in [5, 5.41) is 10.4. The van der Waals surface area contributed by atoms with Crippen molar-refractivity contribution in [2.45, 2.75) is 19.8 Å². The summed E-state index contributed by atoms with van der Waals surface area (Å²) in [6, 6.07) is 1.45. The second-order valence-electron chi connectivity index (χ2n) is 3.67. The van der Waals surface area contributed by atoms with Crippen molar-refractivity contribution in [3.05, 3.63) is 23.0 Å². The number of aryl methyl sites for hydroxylation is 1. The first kappa shape index (κ1) is 11.5. The lowest BCUT2D eigenvalue weighted by molar-refractivity contribution is 0.0518. The number of esters is 1. The van der Waals surface area contributed by atoms with Gasteiger partial charge in [-0.15, -0.1) is 5.10 Å². The lowest BCUT2D eigenvalue weighted by Crippen LogP contribution is -2.23. The lowest BCUT2D eigenvalue weighted by Gasteiger charge is -2.05. The SMILES string of the molecule is CCOC(=O)c1cc2c(nn1)CCCNC2=O. The summed E-state index contributed by atoms with van der Waals surface area (Å²) in [4.78, 5) is 23.2. The molecule has 1 aliphatic rings. The van der Waals surface area contributed by atoms with Gasteiger partial charge in [0.25, 0.3) is 5.91 Å². The summed E-state index contributed by atoms with van der Waals surface area (Å²) in [5.74, 6) is -0.766. The van der Waals surface area contributed by atoms with Gasteiger partial charge in [0.1, 0.15) is 0 Å². The number of nitrogens with zero attached hydrogens (tertiary/aromatic N) is 2. The van der Waals surface area contributed by atoms with Gasteiger partial charge in [-0.1, -0.05) is 0 Å². The maximum atomic E-state index is 11.7. The van der Waals surface area contributed by atoms with Crippen LogP contribution in [0.1, 0.15) is 39.9 Å². The number of nitrogens with one attached hydrogen (secondary N) is 1. The fourth-order valence-corrected chi connectivity index (χ4v) is 1.66. The van der Waals surface area contributed by atoms with Gasteiger partial charge in [0.2, 0.25) is 0 Å². The van der Waals surface area contributed by atoms with Crippen molar-refractivity contribution in [2.75, 3.05) is 13.2 Å². The molecule has 1 aromatic heterocycles. The Hall–Kier alpha value is -1.98. The minimum atomic E-state index is -0.556. The van der Waals surface area contributed by atoms with Gasteiger partial charge in [-0.3, -0.25) is 4.79 Å². The molecule has 1 amide bonds. The Labute approximate surface area is 98.4 Å². The monoisotopic (exact) mass is 235 g/mol. The molecule has 1 aromatic rings. The number of hydrogen-bond acceptors (Lipinski definition) is 5. The summed E-state index contributed by atoms with van der Waals surface area (Å²) in [7, 11) is 0. The predicted octanol–water partition coefficient (Wildman–Crippen LogP) is 0.329. The third kappa shape index (κ3) is 2.41. The van der Waals surface area contributed by atoms with Gasteiger partial charge in [0.15, 0.2) is 5.69 Å². The molecule has 90 valence electrons. The second kappa shape index (κ2) is 4.90. The quantitative estimate of drug-likeness (QED) is 0.747. The van der Waals surface area contributed by atoms with E-state index in [0.717, 1.165) is 6.42 Å². The molecular weight excluding hydrogens is 222 g/mol. The average molecular weight is 235 g/mol. The van der Waals surface area contributed by atoms with Crippen LogP contribution in [0, 0.1) is 0 Å². The highest BCUT2D eigenvalue weighted by Gasteiger charge is 2.20. The molecule has 17 heavy (non-hydrogen) atoms. The zero-order valence-electron chi connectivity index (χ0n) is 9.52. The molecule has 0 radical (unpaired) electrons. The predicted molar refractivity (Wildman–Crippen MR) is 58.6 cm³/mol. The second-order valence-corrected chi connectivity index (χ2v) is 3.67. The summed E-state index contributed by atoms with van der Waals surface area (Å²) in [6.45, 7) is 2.59. The van der Waals surface area contributed by atoms with Crippen molar-refractivity contribution in [2.24, 2.45) is 0 Å². The first-order valence-electron chi connectivity index (χ1n) is 5.54. The molecule has 0 aromatic carbocycles. The molecule has 6 nitrogen and oxygen atoms in total. The van der Waals surface area contributed by atoms with Crippen LogP contribution in [0.2, 0.25) is 0 Å². The maximum Gasteiger partial charge on any atom is 0.358 e. The topological polar surface area (TPSA) is 81.2 Å². The Morgan fingerprint density at radius 3 is 3.12 bits per heavy atom. The van der Waals surface area contributed by atoms with Crippen molar-refractivity contribution < 1.29 is 14.3 Å². The molecular formula is C11H13N3O3. The Balaban J connectivity index is 2.34. The number of ether oxygens (including phenoxy) is 1. The van der Waals surface area contributed by atoms with Gasteiger partial charge >= 0.3 is 5.97 Å². The largest absolute Gasteiger partial charge is 0.461 e. The Morgan fingerprint density at radius 2 is 2.35 bits per heavy atom. The zero-order valence-corrected chi connectivity index (χ0v) is 9.52. The minimum absolute atomic E-state index is 0.0719. The van der Waals surface area contributed by atoms with E-state index in [1.807, 2.05) is 0 Å². The fraction of sp³-hybridized carbons (Fsp3) is 0.455. The zero-order chi connectivity index (χ0) is 12.3. The smallest absolute Gasteiger partial charge is 0.358 e. The molecule has 1 aliphatic heterocycles. The van der Waals surface area contributed by atoms with Crippen molar-refractivity contribution in [1.29, 1.82) is 0 Å². The minimum Gasteiger partial charge on any atom is -0.461 e. The van der Waals surface area contributed by atoms with Crippen LogP contribution >= 0.6 is 0 Å². The molecule has 0 bridgehead atoms. The van der Waals surface area contributed by atoms with Gasteiger partial charge in [-0.25, -0.2) is 4.79 Å². The van der Waals surface area contributed by atoms with E-state index in [-0.39, 0.29) is 18.2 Å². The van der Waals surface area contributed by atoms with Crippen LogP contribution in [0.25, 0.3) is 0 Å². The van der Waals surface area contributed by atoms with Crippen LogP contribution in [0.15, 0.2) is 6.07 Å².